The largest absolute Gasteiger partial charge is 0.139 e. The molecule has 16 rings (SSSR count). The van der Waals surface area contributed by atoms with Crippen LogP contribution < -0.4 is 0 Å². The van der Waals surface area contributed by atoms with Crippen molar-refractivity contribution in [1.82, 2.24) is 0 Å². The van der Waals surface area contributed by atoms with Gasteiger partial charge in [0, 0.05) is 137 Å². The first-order valence-corrected chi connectivity index (χ1v) is 51.6. The highest BCUT2D eigenvalue weighted by Gasteiger charge is 2.38. The maximum Gasteiger partial charge on any atom is 0.0707 e. The summed E-state index contributed by atoms with van der Waals surface area (Å²) in [7, 11) is 0. The molecule has 536 valence electrons. The van der Waals surface area contributed by atoms with E-state index in [-0.39, 0.29) is 0 Å². The van der Waals surface area contributed by atoms with Gasteiger partial charge in [-0.05, 0) is 223 Å². The fourth-order valence-electron chi connectivity index (χ4n) is 14.0. The van der Waals surface area contributed by atoms with Gasteiger partial charge in [-0.1, -0.05) is 152 Å². The highest BCUT2D eigenvalue weighted by atomic mass is 32.2. The SMILES string of the molecule is CCCCCCc1cc(C)sc1-c1ccc(-c2ccc(-c3sc(-c4ccc(-c5ccc(-c6sc(C)cc6CCCCCC)s5)s4)c4c3SC(=C3Sc5c(-c6ccc(-c7ccc(-c8sc(C)cc8CCCCCC)s7)s6)sc(-c6ccc(-c7ccc(-c8sc(C)cc8CCCCCC)s7)s6)c5S3)S4)s2)s1. The lowest BCUT2D eigenvalue weighted by Gasteiger charge is -2.04. The first kappa shape index (κ1) is 75.0. The number of thiophene rings is 14. The van der Waals surface area contributed by atoms with Gasteiger partial charge in [0.2, 0.25) is 0 Å². The Morgan fingerprint density at radius 3 is 0.567 bits per heavy atom. The second-order valence-corrected chi connectivity index (χ2v) is 47.6. The minimum atomic E-state index is 1.17. The molecule has 0 radical (unpaired) electrons. The fraction of sp³-hybridized carbons (Fsp3) is 0.326. The van der Waals surface area contributed by atoms with E-state index in [1.165, 1.54) is 315 Å². The Morgan fingerprint density at radius 2 is 0.375 bits per heavy atom. The van der Waals surface area contributed by atoms with E-state index in [1.54, 1.807) is 0 Å². The Bertz CT molecular complexity index is 4660. The van der Waals surface area contributed by atoms with E-state index < -0.39 is 0 Å². The van der Waals surface area contributed by atoms with Crippen LogP contribution in [0.3, 0.4) is 0 Å². The van der Waals surface area contributed by atoms with Crippen molar-refractivity contribution in [3.63, 3.8) is 0 Å². The Balaban J connectivity index is 0.742. The Morgan fingerprint density at radius 1 is 0.192 bits per heavy atom. The van der Waals surface area contributed by atoms with Gasteiger partial charge in [-0.15, -0.1) is 159 Å². The van der Waals surface area contributed by atoms with Crippen LogP contribution in [-0.4, -0.2) is 0 Å². The Hall–Kier alpha value is -3.06. The van der Waals surface area contributed by atoms with E-state index in [0.29, 0.717) is 0 Å². The van der Waals surface area contributed by atoms with Gasteiger partial charge in [0.25, 0.3) is 0 Å². The lowest BCUT2D eigenvalue weighted by molar-refractivity contribution is 0.668. The molecule has 18 heteroatoms. The molecule has 2 aliphatic heterocycles. The van der Waals surface area contributed by atoms with Crippen LogP contribution in [-0.2, 0) is 25.7 Å². The zero-order valence-electron chi connectivity index (χ0n) is 60.0. The zero-order chi connectivity index (χ0) is 71.0. The number of fused-ring (bicyclic) bond motifs is 2. The van der Waals surface area contributed by atoms with Crippen molar-refractivity contribution in [3.8, 4) is 117 Å². The van der Waals surface area contributed by atoms with Crippen molar-refractivity contribution in [2.24, 2.45) is 0 Å². The molecule has 0 bridgehead atoms. The molecule has 0 aliphatic carbocycles. The van der Waals surface area contributed by atoms with Crippen LogP contribution in [0.4, 0.5) is 0 Å². The highest BCUT2D eigenvalue weighted by Crippen LogP contribution is 2.70. The molecule has 0 unspecified atom stereocenters. The van der Waals surface area contributed by atoms with Crippen LogP contribution in [0.2, 0.25) is 0 Å². The average molecular weight is 1690 g/mol. The molecule has 0 saturated carbocycles. The highest BCUT2D eigenvalue weighted by molar-refractivity contribution is 8.30. The first-order chi connectivity index (χ1) is 50.9. The lowest BCUT2D eigenvalue weighted by atomic mass is 10.1. The van der Waals surface area contributed by atoms with E-state index in [2.05, 4.69) is 177 Å². The number of unbranched alkanes of at least 4 members (excludes halogenated alkanes) is 12. The van der Waals surface area contributed by atoms with Gasteiger partial charge in [0.05, 0.1) is 28.0 Å². The third kappa shape index (κ3) is 16.3. The van der Waals surface area contributed by atoms with Crippen LogP contribution in [0.5, 0.6) is 0 Å². The molecule has 14 aromatic rings. The molecule has 0 N–H and O–H groups in total. The second-order valence-electron chi connectivity index (χ2n) is 27.2. The van der Waals surface area contributed by atoms with E-state index in [9.17, 15) is 0 Å². The molecular formula is C86H84S18. The average Bonchev–Trinajstić information content (AvgIpc) is 1.58. The van der Waals surface area contributed by atoms with Crippen molar-refractivity contribution in [2.75, 3.05) is 0 Å². The van der Waals surface area contributed by atoms with Gasteiger partial charge in [-0.2, -0.15) is 0 Å². The summed E-state index contributed by atoms with van der Waals surface area (Å²) in [6, 6.07) is 48.5. The van der Waals surface area contributed by atoms with E-state index in [0.717, 1.165) is 0 Å². The normalized spacial score (nSPS) is 13.0. The maximum atomic E-state index is 2.46. The van der Waals surface area contributed by atoms with Crippen molar-refractivity contribution in [2.45, 2.75) is 203 Å². The minimum Gasteiger partial charge on any atom is -0.139 e. The molecule has 16 heterocycles. The summed E-state index contributed by atoms with van der Waals surface area (Å²) in [5.41, 5.74) is 6.14. The summed E-state index contributed by atoms with van der Waals surface area (Å²) in [6.45, 7) is 18.4. The maximum absolute atomic E-state index is 2.46. The number of hydrogen-bond acceptors (Lipinski definition) is 18. The topological polar surface area (TPSA) is 0 Å². The fourth-order valence-corrected chi connectivity index (χ4v) is 36.9. The number of thioether (sulfide) groups is 4. The monoisotopic (exact) mass is 1690 g/mol. The molecule has 0 amide bonds. The molecule has 104 heavy (non-hydrogen) atoms. The number of hydrogen-bond donors (Lipinski definition) is 0. The van der Waals surface area contributed by atoms with Gasteiger partial charge in [0.1, 0.15) is 0 Å². The first-order valence-electron chi connectivity index (χ1n) is 36.9. The molecule has 0 nitrogen and oxygen atoms in total. The van der Waals surface area contributed by atoms with E-state index in [4.69, 9.17) is 0 Å². The third-order valence-corrected chi connectivity index (χ3v) is 43.1. The third-order valence-electron chi connectivity index (χ3n) is 19.1. The van der Waals surface area contributed by atoms with Crippen molar-refractivity contribution in [3.05, 3.63) is 172 Å². The summed E-state index contributed by atoms with van der Waals surface area (Å²) in [4.78, 5) is 45.1. The van der Waals surface area contributed by atoms with Gasteiger partial charge in [-0.3, -0.25) is 0 Å². The molecule has 0 atom stereocenters. The second kappa shape index (κ2) is 34.3. The predicted molar refractivity (Wildman–Crippen MR) is 489 cm³/mol. The van der Waals surface area contributed by atoms with Gasteiger partial charge in [0.15, 0.2) is 0 Å². The van der Waals surface area contributed by atoms with Crippen molar-refractivity contribution in [1.29, 1.82) is 0 Å². The minimum absolute atomic E-state index is 1.17. The summed E-state index contributed by atoms with van der Waals surface area (Å²) in [5.74, 6) is 0. The summed E-state index contributed by atoms with van der Waals surface area (Å²) < 4.78 is 2.84. The number of aryl methyl sites for hydroxylation is 8. The lowest BCUT2D eigenvalue weighted by Crippen LogP contribution is -1.85. The molecule has 0 aromatic carbocycles. The van der Waals surface area contributed by atoms with Crippen LogP contribution in [0.15, 0.2) is 149 Å². The summed E-state index contributed by atoms with van der Waals surface area (Å²) >= 11 is 36.0. The molecular weight excluding hydrogens is 1610 g/mol. The Labute approximate surface area is 689 Å². The van der Waals surface area contributed by atoms with Gasteiger partial charge < -0.3 is 0 Å². The molecule has 2 aliphatic rings. The molecule has 0 fully saturated rings. The zero-order valence-corrected chi connectivity index (χ0v) is 74.7. The van der Waals surface area contributed by atoms with Gasteiger partial charge in [-0.25, -0.2) is 0 Å². The van der Waals surface area contributed by atoms with Crippen molar-refractivity contribution < 1.29 is 0 Å². The quantitative estimate of drug-likeness (QED) is 0.0385. The smallest absolute Gasteiger partial charge is 0.0707 e. The van der Waals surface area contributed by atoms with Gasteiger partial charge >= 0.3 is 0 Å². The Kier molecular flexibility index (Phi) is 24.7. The summed E-state index contributed by atoms with van der Waals surface area (Å²) in [6.07, 6.45) is 25.4. The molecule has 0 saturated heterocycles. The molecule has 14 aromatic heterocycles. The van der Waals surface area contributed by atoms with Crippen molar-refractivity contribution >= 4 is 206 Å². The standard InChI is InChI=1S/C86H84S18/c1-9-13-17-21-25-53-45-49(5)87-73(53)65-37-29-57(91-65)61-33-41-69(95-61)77-81-82(78(99-77)70-42-34-62(96-70)58-30-38-66(92-58)74-54(46-50(6)88-74)26-22-18-14-10-2)102-85(101-81)86-103-83-79(71-43-35-63(97-71)59-31-39-67(93-59)75-55(47-51(7)89-75)27-23-19-15-11-3)100-80(84(83)104-86)72-44-36-64(98-72)60-32-40-68(94-60)76-56(48-52(8)90-76)28-24-20-16-12-4/h29-48H,9-28H2,1-8H3. The van der Waals surface area contributed by atoms with Crippen LogP contribution >= 0.6 is 206 Å². The molecule has 0 spiro atoms. The van der Waals surface area contributed by atoms with E-state index in [1.807, 2.05) is 206 Å². The number of rotatable bonds is 32. The van der Waals surface area contributed by atoms with Crippen LogP contribution in [0.25, 0.3) is 117 Å². The van der Waals surface area contributed by atoms with Crippen LogP contribution in [0.1, 0.15) is 172 Å². The predicted octanol–water partition coefficient (Wildman–Crippen LogP) is 36.5. The van der Waals surface area contributed by atoms with Crippen LogP contribution in [0, 0.1) is 27.7 Å². The summed E-state index contributed by atoms with van der Waals surface area (Å²) in [5, 5.41) is 0. The van der Waals surface area contributed by atoms with E-state index >= 15 is 0 Å².